The number of amides is 1. The van der Waals surface area contributed by atoms with E-state index in [1.165, 1.54) is 12.0 Å². The van der Waals surface area contributed by atoms with Gasteiger partial charge >= 0.3 is 0 Å². The Balaban J connectivity index is 1.62. The Morgan fingerprint density at radius 3 is 2.86 bits per heavy atom. The molecule has 1 fully saturated rings. The SMILES string of the molecule is CC(NCCCNC(=O)C1CCC1)c1cccc(CO)c1. The second-order valence-corrected chi connectivity index (χ2v) is 5.85. The predicted molar refractivity (Wildman–Crippen MR) is 83.8 cm³/mol. The van der Waals surface area contributed by atoms with Gasteiger partial charge in [-0.2, -0.15) is 0 Å². The molecule has 1 amide bonds. The first-order valence-corrected chi connectivity index (χ1v) is 7.91. The van der Waals surface area contributed by atoms with Crippen LogP contribution in [0.1, 0.15) is 49.8 Å². The molecule has 21 heavy (non-hydrogen) atoms. The molecule has 0 aliphatic heterocycles. The van der Waals surface area contributed by atoms with Crippen molar-refractivity contribution in [1.82, 2.24) is 10.6 Å². The van der Waals surface area contributed by atoms with Gasteiger partial charge in [0.1, 0.15) is 0 Å². The molecule has 3 N–H and O–H groups in total. The number of nitrogens with one attached hydrogen (secondary N) is 2. The minimum Gasteiger partial charge on any atom is -0.392 e. The van der Waals surface area contributed by atoms with Gasteiger partial charge in [0.2, 0.25) is 5.91 Å². The molecule has 0 saturated heterocycles. The van der Waals surface area contributed by atoms with E-state index in [2.05, 4.69) is 23.6 Å². The molecule has 0 bridgehead atoms. The van der Waals surface area contributed by atoms with Crippen molar-refractivity contribution in [3.63, 3.8) is 0 Å². The quantitative estimate of drug-likeness (QED) is 0.643. The lowest BCUT2D eigenvalue weighted by Gasteiger charge is -2.24. The van der Waals surface area contributed by atoms with Crippen molar-refractivity contribution >= 4 is 5.91 Å². The van der Waals surface area contributed by atoms with Crippen LogP contribution in [-0.2, 0) is 11.4 Å². The Labute approximate surface area is 126 Å². The number of hydrogen-bond donors (Lipinski definition) is 3. The molecule has 1 aliphatic carbocycles. The van der Waals surface area contributed by atoms with Crippen molar-refractivity contribution in [3.05, 3.63) is 35.4 Å². The molecule has 0 aromatic heterocycles. The summed E-state index contributed by atoms with van der Waals surface area (Å²) in [6.45, 7) is 3.80. The van der Waals surface area contributed by atoms with E-state index in [0.29, 0.717) is 0 Å². The molecule has 1 aromatic rings. The summed E-state index contributed by atoms with van der Waals surface area (Å²) in [5.41, 5.74) is 2.12. The molecule has 1 saturated carbocycles. The minimum absolute atomic E-state index is 0.0771. The summed E-state index contributed by atoms with van der Waals surface area (Å²) in [6.07, 6.45) is 4.25. The Bertz CT molecular complexity index is 458. The average molecular weight is 290 g/mol. The molecule has 0 heterocycles. The van der Waals surface area contributed by atoms with Crippen molar-refractivity contribution < 1.29 is 9.90 Å². The van der Waals surface area contributed by atoms with Crippen LogP contribution in [-0.4, -0.2) is 24.1 Å². The average Bonchev–Trinajstić information content (AvgIpc) is 2.45. The largest absolute Gasteiger partial charge is 0.392 e. The fourth-order valence-corrected chi connectivity index (χ4v) is 2.51. The molecule has 1 atom stereocenters. The molecule has 0 spiro atoms. The molecular formula is C17H26N2O2. The van der Waals surface area contributed by atoms with Crippen LogP contribution < -0.4 is 10.6 Å². The lowest BCUT2D eigenvalue weighted by molar-refractivity contribution is -0.127. The van der Waals surface area contributed by atoms with E-state index in [4.69, 9.17) is 5.11 Å². The smallest absolute Gasteiger partial charge is 0.223 e. The summed E-state index contributed by atoms with van der Waals surface area (Å²) in [5, 5.41) is 15.6. The van der Waals surface area contributed by atoms with Gasteiger partial charge in [0, 0.05) is 18.5 Å². The Morgan fingerprint density at radius 1 is 1.38 bits per heavy atom. The standard InChI is InChI=1S/C17H26N2O2/c1-13(16-8-2-5-14(11-16)12-20)18-9-4-10-19-17(21)15-6-3-7-15/h2,5,8,11,13,15,18,20H,3-4,6-7,9-10,12H2,1H3,(H,19,21). The zero-order chi connectivity index (χ0) is 15.1. The number of benzene rings is 1. The molecule has 4 heteroatoms. The highest BCUT2D eigenvalue weighted by atomic mass is 16.3. The molecule has 2 rings (SSSR count). The second kappa shape index (κ2) is 8.15. The number of carbonyl (C=O) groups is 1. The van der Waals surface area contributed by atoms with E-state index < -0.39 is 0 Å². The first-order chi connectivity index (χ1) is 10.2. The fraction of sp³-hybridized carbons (Fsp3) is 0.588. The van der Waals surface area contributed by atoms with E-state index in [1.807, 2.05) is 18.2 Å². The van der Waals surface area contributed by atoms with Crippen LogP contribution in [0, 0.1) is 5.92 Å². The van der Waals surface area contributed by atoms with Crippen LogP contribution in [0.5, 0.6) is 0 Å². The third-order valence-electron chi connectivity index (χ3n) is 4.21. The van der Waals surface area contributed by atoms with Crippen molar-refractivity contribution in [2.24, 2.45) is 5.92 Å². The Kier molecular flexibility index (Phi) is 6.21. The van der Waals surface area contributed by atoms with Gasteiger partial charge in [-0.3, -0.25) is 4.79 Å². The summed E-state index contributed by atoms with van der Waals surface area (Å²) < 4.78 is 0. The van der Waals surface area contributed by atoms with Crippen molar-refractivity contribution in [1.29, 1.82) is 0 Å². The van der Waals surface area contributed by atoms with Crippen molar-refractivity contribution in [2.75, 3.05) is 13.1 Å². The van der Waals surface area contributed by atoms with Crippen LogP contribution in [0.2, 0.25) is 0 Å². The third kappa shape index (κ3) is 4.83. The van der Waals surface area contributed by atoms with Crippen molar-refractivity contribution in [2.45, 2.75) is 45.3 Å². The van der Waals surface area contributed by atoms with E-state index in [9.17, 15) is 4.79 Å². The highest BCUT2D eigenvalue weighted by Crippen LogP contribution is 2.26. The van der Waals surface area contributed by atoms with Gasteiger partial charge in [0.15, 0.2) is 0 Å². The van der Waals surface area contributed by atoms with Crippen LogP contribution in [0.25, 0.3) is 0 Å². The fourth-order valence-electron chi connectivity index (χ4n) is 2.51. The topological polar surface area (TPSA) is 61.4 Å². The number of rotatable bonds is 8. The summed E-state index contributed by atoms with van der Waals surface area (Å²) in [7, 11) is 0. The maximum atomic E-state index is 11.7. The van der Waals surface area contributed by atoms with E-state index in [0.717, 1.165) is 37.9 Å². The van der Waals surface area contributed by atoms with Gasteiger partial charge in [-0.1, -0.05) is 30.7 Å². The number of aliphatic hydroxyl groups excluding tert-OH is 1. The van der Waals surface area contributed by atoms with E-state index >= 15 is 0 Å². The van der Waals surface area contributed by atoms with Gasteiger partial charge < -0.3 is 15.7 Å². The zero-order valence-electron chi connectivity index (χ0n) is 12.8. The summed E-state index contributed by atoms with van der Waals surface area (Å²) in [5.74, 6) is 0.503. The number of carbonyl (C=O) groups excluding carboxylic acids is 1. The summed E-state index contributed by atoms with van der Waals surface area (Å²) in [6, 6.07) is 8.23. The van der Waals surface area contributed by atoms with Crippen LogP contribution in [0.3, 0.4) is 0 Å². The third-order valence-corrected chi connectivity index (χ3v) is 4.21. The summed E-state index contributed by atoms with van der Waals surface area (Å²) in [4.78, 5) is 11.7. The van der Waals surface area contributed by atoms with Crippen LogP contribution in [0.4, 0.5) is 0 Å². The molecule has 4 nitrogen and oxygen atoms in total. The van der Waals surface area contributed by atoms with Gasteiger partial charge in [-0.05, 0) is 43.9 Å². The predicted octanol–water partition coefficient (Wildman–Crippen LogP) is 2.14. The van der Waals surface area contributed by atoms with E-state index in [-0.39, 0.29) is 24.5 Å². The van der Waals surface area contributed by atoms with Gasteiger partial charge in [-0.25, -0.2) is 0 Å². The normalized spacial score (nSPS) is 16.3. The highest BCUT2D eigenvalue weighted by Gasteiger charge is 2.24. The lowest BCUT2D eigenvalue weighted by atomic mass is 9.85. The maximum absolute atomic E-state index is 11.7. The monoisotopic (exact) mass is 290 g/mol. The minimum atomic E-state index is 0.0771. The molecule has 1 aliphatic rings. The second-order valence-electron chi connectivity index (χ2n) is 5.85. The van der Waals surface area contributed by atoms with Gasteiger partial charge in [0.05, 0.1) is 6.61 Å². The first-order valence-electron chi connectivity index (χ1n) is 7.91. The number of aliphatic hydroxyl groups is 1. The molecule has 1 aromatic carbocycles. The zero-order valence-corrected chi connectivity index (χ0v) is 12.8. The summed E-state index contributed by atoms with van der Waals surface area (Å²) >= 11 is 0. The Morgan fingerprint density at radius 2 is 2.19 bits per heavy atom. The molecular weight excluding hydrogens is 264 g/mol. The first kappa shape index (κ1) is 16.0. The highest BCUT2D eigenvalue weighted by molar-refractivity contribution is 5.79. The van der Waals surface area contributed by atoms with Gasteiger partial charge in [0.25, 0.3) is 0 Å². The lowest BCUT2D eigenvalue weighted by Crippen LogP contribution is -2.35. The Hall–Kier alpha value is -1.39. The van der Waals surface area contributed by atoms with Crippen LogP contribution in [0.15, 0.2) is 24.3 Å². The molecule has 116 valence electrons. The number of hydrogen-bond acceptors (Lipinski definition) is 3. The van der Waals surface area contributed by atoms with E-state index in [1.54, 1.807) is 0 Å². The molecule has 0 radical (unpaired) electrons. The van der Waals surface area contributed by atoms with Crippen molar-refractivity contribution in [3.8, 4) is 0 Å². The van der Waals surface area contributed by atoms with Crippen LogP contribution >= 0.6 is 0 Å². The molecule has 1 unspecified atom stereocenters. The maximum Gasteiger partial charge on any atom is 0.223 e. The van der Waals surface area contributed by atoms with Gasteiger partial charge in [-0.15, -0.1) is 0 Å².